The first kappa shape index (κ1) is 21.1. The van der Waals surface area contributed by atoms with Gasteiger partial charge in [-0.25, -0.2) is 9.59 Å². The Morgan fingerprint density at radius 3 is 2.68 bits per heavy atom. The lowest BCUT2D eigenvalue weighted by molar-refractivity contribution is -0.153. The summed E-state index contributed by atoms with van der Waals surface area (Å²) in [6.07, 6.45) is 1.31. The maximum Gasteiger partial charge on any atom is 0.387 e. The zero-order chi connectivity index (χ0) is 20.7. The molecule has 2 rings (SSSR count). The van der Waals surface area contributed by atoms with Crippen molar-refractivity contribution in [3.05, 3.63) is 29.8 Å². The van der Waals surface area contributed by atoms with E-state index < -0.39 is 30.6 Å². The summed E-state index contributed by atoms with van der Waals surface area (Å²) in [5.74, 6) is -1.45. The number of carbonyl (C=O) groups excluding carboxylic acids is 3. The number of alkyl halides is 2. The second kappa shape index (κ2) is 9.67. The zero-order valence-corrected chi connectivity index (χ0v) is 15.3. The molecule has 1 aromatic carbocycles. The Hall–Kier alpha value is -3.17. The van der Waals surface area contributed by atoms with Crippen molar-refractivity contribution in [2.75, 3.05) is 19.7 Å². The van der Waals surface area contributed by atoms with E-state index in [1.165, 1.54) is 31.2 Å². The van der Waals surface area contributed by atoms with Crippen LogP contribution >= 0.6 is 0 Å². The highest BCUT2D eigenvalue weighted by Gasteiger charge is 2.31. The Morgan fingerprint density at radius 1 is 1.32 bits per heavy atom. The number of amides is 3. The predicted molar refractivity (Wildman–Crippen MR) is 93.9 cm³/mol. The molecule has 1 atom stereocenters. The SMILES string of the molecule is CCOc1cc(/C=C/C(=O)O[C@@H](C)C(=O)N2CCNC2=O)ccc1OC(F)F. The third kappa shape index (κ3) is 5.66. The Bertz CT molecular complexity index is 768. The summed E-state index contributed by atoms with van der Waals surface area (Å²) in [7, 11) is 0. The van der Waals surface area contributed by atoms with Crippen LogP contribution < -0.4 is 14.8 Å². The van der Waals surface area contributed by atoms with Gasteiger partial charge in [0, 0.05) is 19.2 Å². The summed E-state index contributed by atoms with van der Waals surface area (Å²) < 4.78 is 39.4. The van der Waals surface area contributed by atoms with Gasteiger partial charge in [0.15, 0.2) is 17.6 Å². The highest BCUT2D eigenvalue weighted by molar-refractivity contribution is 5.99. The largest absolute Gasteiger partial charge is 0.490 e. The third-order valence-corrected chi connectivity index (χ3v) is 3.66. The molecule has 0 spiro atoms. The topological polar surface area (TPSA) is 94.2 Å². The number of carbonyl (C=O) groups is 3. The second-order valence-electron chi connectivity index (χ2n) is 5.65. The Labute approximate surface area is 160 Å². The molecule has 3 amide bonds. The third-order valence-electron chi connectivity index (χ3n) is 3.66. The molecule has 28 heavy (non-hydrogen) atoms. The van der Waals surface area contributed by atoms with Gasteiger partial charge in [0.25, 0.3) is 5.91 Å². The fourth-order valence-electron chi connectivity index (χ4n) is 2.42. The second-order valence-corrected chi connectivity index (χ2v) is 5.65. The molecule has 1 aliphatic heterocycles. The van der Waals surface area contributed by atoms with E-state index in [9.17, 15) is 23.2 Å². The van der Waals surface area contributed by atoms with Crippen molar-refractivity contribution >= 4 is 24.0 Å². The van der Waals surface area contributed by atoms with Gasteiger partial charge in [-0.1, -0.05) is 6.07 Å². The van der Waals surface area contributed by atoms with E-state index in [0.717, 1.165) is 11.0 Å². The molecule has 0 radical (unpaired) electrons. The van der Waals surface area contributed by atoms with Crippen LogP contribution in [0.15, 0.2) is 24.3 Å². The van der Waals surface area contributed by atoms with Crippen LogP contribution in [0.5, 0.6) is 11.5 Å². The molecule has 1 saturated heterocycles. The minimum Gasteiger partial charge on any atom is -0.490 e. The van der Waals surface area contributed by atoms with Crippen LogP contribution in [0, 0.1) is 0 Å². The number of nitrogens with zero attached hydrogens (tertiary/aromatic N) is 1. The highest BCUT2D eigenvalue weighted by atomic mass is 19.3. The summed E-state index contributed by atoms with van der Waals surface area (Å²) in [4.78, 5) is 36.4. The molecule has 152 valence electrons. The number of rotatable bonds is 8. The summed E-state index contributed by atoms with van der Waals surface area (Å²) in [5, 5.41) is 2.48. The van der Waals surface area contributed by atoms with Crippen LogP contribution in [-0.4, -0.2) is 55.2 Å². The summed E-state index contributed by atoms with van der Waals surface area (Å²) in [6, 6.07) is 3.64. The number of ether oxygens (including phenoxy) is 3. The van der Waals surface area contributed by atoms with Crippen LogP contribution in [0.3, 0.4) is 0 Å². The number of hydrogen-bond acceptors (Lipinski definition) is 6. The number of benzene rings is 1. The van der Waals surface area contributed by atoms with Gasteiger partial charge in [0.1, 0.15) is 0 Å². The number of esters is 1. The molecule has 1 aliphatic rings. The van der Waals surface area contributed by atoms with Gasteiger partial charge in [-0.05, 0) is 37.6 Å². The predicted octanol–water partition coefficient (Wildman–Crippen LogP) is 2.18. The molecule has 1 N–H and O–H groups in total. The van der Waals surface area contributed by atoms with Gasteiger partial charge in [0.2, 0.25) is 0 Å². The average Bonchev–Trinajstić information content (AvgIpc) is 3.07. The Kier molecular flexibility index (Phi) is 7.30. The van der Waals surface area contributed by atoms with Crippen LogP contribution in [0.25, 0.3) is 6.08 Å². The standard InChI is InChI=1S/C18H20F2N2O6/c1-3-26-14-10-12(4-6-13(14)28-17(19)20)5-7-15(23)27-11(2)16(24)22-9-8-21-18(22)25/h4-7,10-11,17H,3,8-9H2,1-2H3,(H,21,25)/b7-5+/t11-/m0/s1. The normalized spacial score (nSPS) is 14.9. The van der Waals surface area contributed by atoms with E-state index >= 15 is 0 Å². The summed E-state index contributed by atoms with van der Waals surface area (Å²) >= 11 is 0. The van der Waals surface area contributed by atoms with Gasteiger partial charge in [-0.15, -0.1) is 0 Å². The summed E-state index contributed by atoms with van der Waals surface area (Å²) in [5.41, 5.74) is 0.472. The number of urea groups is 1. The maximum absolute atomic E-state index is 12.4. The molecule has 0 aromatic heterocycles. The fourth-order valence-corrected chi connectivity index (χ4v) is 2.42. The average molecular weight is 398 g/mol. The lowest BCUT2D eigenvalue weighted by atomic mass is 10.2. The van der Waals surface area contributed by atoms with Gasteiger partial charge in [0.05, 0.1) is 6.61 Å². The molecule has 0 unspecified atom stereocenters. The maximum atomic E-state index is 12.4. The monoisotopic (exact) mass is 398 g/mol. The van der Waals surface area contributed by atoms with Crippen molar-refractivity contribution in [3.63, 3.8) is 0 Å². The number of hydrogen-bond donors (Lipinski definition) is 1. The molecule has 0 saturated carbocycles. The van der Waals surface area contributed by atoms with E-state index in [-0.39, 0.29) is 24.7 Å². The first-order valence-electron chi connectivity index (χ1n) is 8.51. The number of halogens is 2. The van der Waals surface area contributed by atoms with E-state index in [0.29, 0.717) is 12.1 Å². The number of nitrogens with one attached hydrogen (secondary N) is 1. The van der Waals surface area contributed by atoms with E-state index in [2.05, 4.69) is 10.1 Å². The highest BCUT2D eigenvalue weighted by Crippen LogP contribution is 2.30. The van der Waals surface area contributed by atoms with Crippen molar-refractivity contribution in [2.45, 2.75) is 26.6 Å². The lowest BCUT2D eigenvalue weighted by Crippen LogP contribution is -2.41. The van der Waals surface area contributed by atoms with Crippen molar-refractivity contribution in [1.29, 1.82) is 0 Å². The van der Waals surface area contributed by atoms with Crippen LogP contribution in [0.1, 0.15) is 19.4 Å². The van der Waals surface area contributed by atoms with E-state index in [1.807, 2.05) is 0 Å². The Balaban J connectivity index is 1.99. The fraction of sp³-hybridized carbons (Fsp3) is 0.389. The minimum absolute atomic E-state index is 0.0990. The van der Waals surface area contributed by atoms with E-state index in [4.69, 9.17) is 9.47 Å². The molecule has 1 heterocycles. The van der Waals surface area contributed by atoms with Gasteiger partial charge in [-0.2, -0.15) is 8.78 Å². The van der Waals surface area contributed by atoms with E-state index in [1.54, 1.807) is 6.92 Å². The van der Waals surface area contributed by atoms with Crippen LogP contribution in [-0.2, 0) is 14.3 Å². The minimum atomic E-state index is -2.99. The van der Waals surface area contributed by atoms with Gasteiger partial charge < -0.3 is 19.5 Å². The first-order valence-corrected chi connectivity index (χ1v) is 8.51. The van der Waals surface area contributed by atoms with Crippen molar-refractivity contribution in [3.8, 4) is 11.5 Å². The smallest absolute Gasteiger partial charge is 0.387 e. The molecule has 0 aliphatic carbocycles. The Morgan fingerprint density at radius 2 is 2.07 bits per heavy atom. The molecular weight excluding hydrogens is 378 g/mol. The molecule has 0 bridgehead atoms. The van der Waals surface area contributed by atoms with Crippen molar-refractivity contribution in [1.82, 2.24) is 10.2 Å². The molecule has 10 heteroatoms. The first-order chi connectivity index (χ1) is 13.3. The lowest BCUT2D eigenvalue weighted by Gasteiger charge is -2.17. The van der Waals surface area contributed by atoms with Crippen LogP contribution in [0.2, 0.25) is 0 Å². The summed E-state index contributed by atoms with van der Waals surface area (Å²) in [6.45, 7) is 0.848. The molecule has 1 fully saturated rings. The van der Waals surface area contributed by atoms with Crippen molar-refractivity contribution < 1.29 is 37.4 Å². The zero-order valence-electron chi connectivity index (χ0n) is 15.3. The molecular formula is C18H20F2N2O6. The van der Waals surface area contributed by atoms with Crippen LogP contribution in [0.4, 0.5) is 13.6 Å². The quantitative estimate of drug-likeness (QED) is 0.533. The van der Waals surface area contributed by atoms with Gasteiger partial charge in [-0.3, -0.25) is 9.69 Å². The molecule has 8 nitrogen and oxygen atoms in total. The van der Waals surface area contributed by atoms with Gasteiger partial charge >= 0.3 is 18.6 Å². The van der Waals surface area contributed by atoms with Crippen molar-refractivity contribution in [2.24, 2.45) is 0 Å². The molecule has 1 aromatic rings. The number of imide groups is 1.